The van der Waals surface area contributed by atoms with Crippen molar-refractivity contribution in [2.75, 3.05) is 19.6 Å². The van der Waals surface area contributed by atoms with Gasteiger partial charge in [0.1, 0.15) is 5.70 Å². The van der Waals surface area contributed by atoms with Crippen molar-refractivity contribution in [3.63, 3.8) is 0 Å². The second-order valence-corrected chi connectivity index (χ2v) is 7.26. The summed E-state index contributed by atoms with van der Waals surface area (Å²) in [6, 6.07) is -0.237. The molecule has 7 nitrogen and oxygen atoms in total. The lowest BCUT2D eigenvalue weighted by atomic mass is 9.77. The van der Waals surface area contributed by atoms with E-state index < -0.39 is 18.0 Å². The molecule has 0 aromatic rings. The zero-order chi connectivity index (χ0) is 17.6. The summed E-state index contributed by atoms with van der Waals surface area (Å²) in [5, 5.41) is 26.7. The average molecular weight is 335 g/mol. The number of aliphatic carboxylic acids is 1. The van der Waals surface area contributed by atoms with Crippen molar-refractivity contribution in [3.05, 3.63) is 11.3 Å². The van der Waals surface area contributed by atoms with Crippen LogP contribution in [0.25, 0.3) is 0 Å². The number of aliphatic hydroxyl groups is 1. The molecule has 3 aliphatic rings. The number of carboxylic acid groups (broad SMARTS) is 1. The molecule has 3 aliphatic heterocycles. The first-order valence-corrected chi connectivity index (χ1v) is 8.55. The van der Waals surface area contributed by atoms with E-state index in [1.807, 2.05) is 6.92 Å². The number of hydrogen-bond donors (Lipinski definition) is 3. The Morgan fingerprint density at radius 3 is 2.79 bits per heavy atom. The number of amides is 1. The number of fused-ring (bicyclic) bond motifs is 1. The van der Waals surface area contributed by atoms with Crippen LogP contribution in [0, 0.1) is 23.2 Å². The van der Waals surface area contributed by atoms with Gasteiger partial charge in [0.05, 0.1) is 18.1 Å². The molecule has 0 aromatic carbocycles. The third-order valence-electron chi connectivity index (χ3n) is 5.73. The van der Waals surface area contributed by atoms with Crippen LogP contribution >= 0.6 is 0 Å². The van der Waals surface area contributed by atoms with E-state index in [9.17, 15) is 19.8 Å². The maximum absolute atomic E-state index is 12.3. The van der Waals surface area contributed by atoms with E-state index in [1.54, 1.807) is 6.92 Å². The van der Waals surface area contributed by atoms with Crippen molar-refractivity contribution in [2.24, 2.45) is 17.8 Å². The van der Waals surface area contributed by atoms with E-state index in [-0.39, 0.29) is 23.6 Å². The minimum absolute atomic E-state index is 0.0600. The summed E-state index contributed by atoms with van der Waals surface area (Å²) in [5.41, 5.74) is 0.907. The SMILES string of the molecule is C[C@@H](O)[C@H]1C(=O)N2C(C(=O)O)=C(CN3CC[C@H](CC=N)C3)[C@H](C)[C@H]12. The number of rotatable bonds is 6. The lowest BCUT2D eigenvalue weighted by Gasteiger charge is -2.46. The highest BCUT2D eigenvalue weighted by Crippen LogP contribution is 2.47. The van der Waals surface area contributed by atoms with Gasteiger partial charge in [-0.05, 0) is 44.0 Å². The van der Waals surface area contributed by atoms with Gasteiger partial charge in [0.15, 0.2) is 0 Å². The number of carboxylic acids is 1. The van der Waals surface area contributed by atoms with Crippen molar-refractivity contribution in [2.45, 2.75) is 38.8 Å². The van der Waals surface area contributed by atoms with Gasteiger partial charge in [-0.3, -0.25) is 9.69 Å². The second-order valence-electron chi connectivity index (χ2n) is 7.26. The molecule has 0 saturated carbocycles. The van der Waals surface area contributed by atoms with E-state index >= 15 is 0 Å². The first-order valence-electron chi connectivity index (χ1n) is 8.55. The standard InChI is InChI=1S/C17H25N3O4/c1-9-12(8-19-6-4-11(7-19)3-5-18)15(17(23)24)20-14(9)13(10(2)21)16(20)22/h5,9-11,13-14,18,21H,3-4,6-8H2,1-2H3,(H,23,24)/t9-,10+,11-,13+,14+/m0/s1. The van der Waals surface area contributed by atoms with Crippen LogP contribution in [0.1, 0.15) is 26.7 Å². The fourth-order valence-corrected chi connectivity index (χ4v) is 4.51. The topological polar surface area (TPSA) is 105 Å². The molecule has 3 rings (SSSR count). The summed E-state index contributed by atoms with van der Waals surface area (Å²) in [4.78, 5) is 27.6. The molecule has 0 unspecified atom stereocenters. The number of hydrogen-bond acceptors (Lipinski definition) is 5. The van der Waals surface area contributed by atoms with Gasteiger partial charge in [-0.25, -0.2) is 4.79 Å². The van der Waals surface area contributed by atoms with Crippen LogP contribution in [-0.2, 0) is 9.59 Å². The Morgan fingerprint density at radius 2 is 2.21 bits per heavy atom. The monoisotopic (exact) mass is 335 g/mol. The maximum atomic E-state index is 12.3. The van der Waals surface area contributed by atoms with Crippen LogP contribution in [0.3, 0.4) is 0 Å². The van der Waals surface area contributed by atoms with Crippen molar-refractivity contribution >= 4 is 18.1 Å². The summed E-state index contributed by atoms with van der Waals surface area (Å²) in [5.74, 6) is -1.45. The molecular formula is C17H25N3O4. The van der Waals surface area contributed by atoms with Crippen LogP contribution in [0.4, 0.5) is 0 Å². The highest BCUT2D eigenvalue weighted by Gasteiger charge is 2.59. The number of carbonyl (C=O) groups excluding carboxylic acids is 1. The van der Waals surface area contributed by atoms with Crippen molar-refractivity contribution < 1.29 is 19.8 Å². The lowest BCUT2D eigenvalue weighted by molar-refractivity contribution is -0.163. The highest BCUT2D eigenvalue weighted by molar-refractivity contribution is 6.00. The molecule has 3 N–H and O–H groups in total. The van der Waals surface area contributed by atoms with Crippen LogP contribution in [0.15, 0.2) is 11.3 Å². The normalized spacial score (nSPS) is 34.3. The number of likely N-dealkylation sites (tertiary alicyclic amines) is 1. The molecule has 0 bridgehead atoms. The fraction of sp³-hybridized carbons (Fsp3) is 0.706. The van der Waals surface area contributed by atoms with E-state index in [1.165, 1.54) is 11.1 Å². The van der Waals surface area contributed by atoms with Gasteiger partial charge < -0.3 is 20.5 Å². The first-order chi connectivity index (χ1) is 11.4. The van der Waals surface area contributed by atoms with Gasteiger partial charge >= 0.3 is 5.97 Å². The summed E-state index contributed by atoms with van der Waals surface area (Å²) in [6.45, 7) is 5.84. The smallest absolute Gasteiger partial charge is 0.352 e. The van der Waals surface area contributed by atoms with Gasteiger partial charge in [-0.2, -0.15) is 0 Å². The number of carbonyl (C=O) groups is 2. The van der Waals surface area contributed by atoms with Crippen molar-refractivity contribution in [1.82, 2.24) is 9.80 Å². The van der Waals surface area contributed by atoms with Gasteiger partial charge in [-0.15, -0.1) is 0 Å². The summed E-state index contributed by atoms with van der Waals surface area (Å²) >= 11 is 0. The molecule has 2 fully saturated rings. The zero-order valence-corrected chi connectivity index (χ0v) is 14.1. The Labute approximate surface area is 141 Å². The third-order valence-corrected chi connectivity index (χ3v) is 5.73. The Hall–Kier alpha value is -1.73. The van der Waals surface area contributed by atoms with E-state index in [0.717, 1.165) is 31.5 Å². The molecule has 1 amide bonds. The minimum Gasteiger partial charge on any atom is -0.477 e. The molecule has 5 atom stereocenters. The van der Waals surface area contributed by atoms with Gasteiger partial charge in [-0.1, -0.05) is 6.92 Å². The molecule has 132 valence electrons. The maximum Gasteiger partial charge on any atom is 0.352 e. The minimum atomic E-state index is -1.06. The van der Waals surface area contributed by atoms with E-state index in [0.29, 0.717) is 12.5 Å². The molecule has 0 radical (unpaired) electrons. The summed E-state index contributed by atoms with van der Waals surface area (Å²) in [7, 11) is 0. The van der Waals surface area contributed by atoms with Crippen LogP contribution in [-0.4, -0.2) is 69.9 Å². The number of nitrogens with zero attached hydrogens (tertiary/aromatic N) is 2. The Kier molecular flexibility index (Phi) is 4.48. The summed E-state index contributed by atoms with van der Waals surface area (Å²) in [6.07, 6.45) is 2.45. The number of nitrogens with one attached hydrogen (secondary N) is 1. The fourth-order valence-electron chi connectivity index (χ4n) is 4.51. The molecule has 0 aromatic heterocycles. The first kappa shape index (κ1) is 17.1. The van der Waals surface area contributed by atoms with Gasteiger partial charge in [0.2, 0.25) is 5.91 Å². The second kappa shape index (κ2) is 6.29. The van der Waals surface area contributed by atoms with Crippen molar-refractivity contribution in [1.29, 1.82) is 5.41 Å². The molecule has 7 heteroatoms. The molecule has 2 saturated heterocycles. The predicted molar refractivity (Wildman–Crippen MR) is 87.6 cm³/mol. The van der Waals surface area contributed by atoms with Crippen molar-refractivity contribution in [3.8, 4) is 0 Å². The van der Waals surface area contributed by atoms with E-state index in [4.69, 9.17) is 5.41 Å². The van der Waals surface area contributed by atoms with Crippen LogP contribution < -0.4 is 0 Å². The lowest BCUT2D eigenvalue weighted by Crippen LogP contribution is -2.63. The highest BCUT2D eigenvalue weighted by atomic mass is 16.4. The largest absolute Gasteiger partial charge is 0.477 e. The Bertz CT molecular complexity index is 601. The molecule has 0 spiro atoms. The zero-order valence-electron chi connectivity index (χ0n) is 14.1. The van der Waals surface area contributed by atoms with Crippen LogP contribution in [0.2, 0.25) is 0 Å². The van der Waals surface area contributed by atoms with Crippen LogP contribution in [0.5, 0.6) is 0 Å². The Balaban J connectivity index is 1.80. The molecule has 3 heterocycles. The summed E-state index contributed by atoms with van der Waals surface area (Å²) < 4.78 is 0. The molecule has 24 heavy (non-hydrogen) atoms. The average Bonchev–Trinajstić information content (AvgIpc) is 3.02. The van der Waals surface area contributed by atoms with E-state index in [2.05, 4.69) is 4.90 Å². The predicted octanol–water partition coefficient (Wildman–Crippen LogP) is 0.544. The number of aliphatic hydroxyl groups excluding tert-OH is 1. The molecule has 0 aliphatic carbocycles. The molecular weight excluding hydrogens is 310 g/mol. The van der Waals surface area contributed by atoms with Gasteiger partial charge in [0.25, 0.3) is 0 Å². The Morgan fingerprint density at radius 1 is 1.50 bits per heavy atom. The quantitative estimate of drug-likeness (QED) is 0.485. The number of β-lactam (4-membered cyclic amide) rings is 1. The van der Waals surface area contributed by atoms with Gasteiger partial charge in [0, 0.05) is 19.0 Å². The third kappa shape index (κ3) is 2.56.